The number of hydrogen-bond donors (Lipinski definition) is 1. The van der Waals surface area contributed by atoms with Gasteiger partial charge in [0.1, 0.15) is 10.4 Å². The van der Waals surface area contributed by atoms with Crippen LogP contribution >= 0.6 is 15.9 Å². The molecule has 1 fully saturated rings. The maximum atomic E-state index is 5.23. The van der Waals surface area contributed by atoms with Gasteiger partial charge >= 0.3 is 0 Å². The molecule has 1 aromatic rings. The van der Waals surface area contributed by atoms with Crippen molar-refractivity contribution >= 4 is 21.7 Å². The third-order valence-corrected chi connectivity index (χ3v) is 2.31. The molecular weight excluding hydrogens is 234 g/mol. The van der Waals surface area contributed by atoms with Crippen molar-refractivity contribution in [2.24, 2.45) is 0 Å². The van der Waals surface area contributed by atoms with Crippen LogP contribution < -0.4 is 5.32 Å². The summed E-state index contributed by atoms with van der Waals surface area (Å²) in [7, 11) is 0. The van der Waals surface area contributed by atoms with Gasteiger partial charge < -0.3 is 10.1 Å². The molecule has 1 aromatic heterocycles. The van der Waals surface area contributed by atoms with E-state index in [2.05, 4.69) is 31.2 Å². The molecule has 0 aromatic carbocycles. The summed E-state index contributed by atoms with van der Waals surface area (Å²) in [6, 6.07) is 0.385. The molecule has 0 unspecified atom stereocenters. The molecule has 4 nitrogen and oxygen atoms in total. The summed E-state index contributed by atoms with van der Waals surface area (Å²) in [5.41, 5.74) is 0. The number of halogens is 1. The standard InChI is InChI=1S/C8H10BrN3O/c9-7-3-11-8(4-10-7)12-6-1-2-13-5-6/h3-4,6H,1-2,5H2,(H,11,12)/t6-/m1/s1. The molecule has 0 spiro atoms. The monoisotopic (exact) mass is 243 g/mol. The Kier molecular flexibility index (Phi) is 2.75. The number of hydrogen-bond acceptors (Lipinski definition) is 4. The minimum atomic E-state index is 0.385. The summed E-state index contributed by atoms with van der Waals surface area (Å²) in [6.07, 6.45) is 4.43. The average Bonchev–Trinajstić information content (AvgIpc) is 2.62. The summed E-state index contributed by atoms with van der Waals surface area (Å²) >= 11 is 3.23. The second kappa shape index (κ2) is 4.02. The van der Waals surface area contributed by atoms with Crippen molar-refractivity contribution in [1.82, 2.24) is 9.97 Å². The Balaban J connectivity index is 1.97. The van der Waals surface area contributed by atoms with Gasteiger partial charge in [0, 0.05) is 6.61 Å². The van der Waals surface area contributed by atoms with Crippen molar-refractivity contribution in [3.8, 4) is 0 Å². The summed E-state index contributed by atoms with van der Waals surface area (Å²) in [5, 5.41) is 3.25. The fraction of sp³-hybridized carbons (Fsp3) is 0.500. The van der Waals surface area contributed by atoms with Gasteiger partial charge in [-0.2, -0.15) is 0 Å². The molecule has 13 heavy (non-hydrogen) atoms. The predicted octanol–water partition coefficient (Wildman–Crippen LogP) is 1.44. The maximum Gasteiger partial charge on any atom is 0.144 e. The third-order valence-electron chi connectivity index (χ3n) is 1.90. The van der Waals surface area contributed by atoms with Crippen molar-refractivity contribution in [2.75, 3.05) is 18.5 Å². The lowest BCUT2D eigenvalue weighted by Gasteiger charge is -2.09. The van der Waals surface area contributed by atoms with Crippen molar-refractivity contribution in [1.29, 1.82) is 0 Å². The molecule has 5 heteroatoms. The van der Waals surface area contributed by atoms with Crippen LogP contribution in [-0.4, -0.2) is 29.2 Å². The number of anilines is 1. The molecule has 0 radical (unpaired) electrons. The minimum absolute atomic E-state index is 0.385. The number of nitrogens with one attached hydrogen (secondary N) is 1. The van der Waals surface area contributed by atoms with E-state index in [-0.39, 0.29) is 0 Å². The molecule has 2 heterocycles. The van der Waals surface area contributed by atoms with E-state index in [0.29, 0.717) is 6.04 Å². The highest BCUT2D eigenvalue weighted by atomic mass is 79.9. The zero-order valence-electron chi connectivity index (χ0n) is 7.03. The molecule has 1 aliphatic heterocycles. The van der Waals surface area contributed by atoms with Crippen LogP contribution in [0.5, 0.6) is 0 Å². The van der Waals surface area contributed by atoms with Crippen molar-refractivity contribution < 1.29 is 4.74 Å². The number of nitrogens with zero attached hydrogens (tertiary/aromatic N) is 2. The van der Waals surface area contributed by atoms with E-state index >= 15 is 0 Å². The molecule has 1 aliphatic rings. The first kappa shape index (κ1) is 8.90. The van der Waals surface area contributed by atoms with Gasteiger partial charge in [-0.1, -0.05) is 0 Å². The molecule has 1 atom stereocenters. The van der Waals surface area contributed by atoms with E-state index < -0.39 is 0 Å². The lowest BCUT2D eigenvalue weighted by molar-refractivity contribution is 0.195. The average molecular weight is 244 g/mol. The molecule has 70 valence electrons. The first-order chi connectivity index (χ1) is 6.34. The summed E-state index contributed by atoms with van der Waals surface area (Å²) < 4.78 is 5.98. The van der Waals surface area contributed by atoms with Crippen LogP contribution in [0.15, 0.2) is 17.0 Å². The van der Waals surface area contributed by atoms with Gasteiger partial charge in [0.25, 0.3) is 0 Å². The second-order valence-corrected chi connectivity index (χ2v) is 3.74. The van der Waals surface area contributed by atoms with E-state index in [1.165, 1.54) is 0 Å². The molecule has 0 saturated carbocycles. The Labute approximate surface area is 84.9 Å². The van der Waals surface area contributed by atoms with Gasteiger partial charge in [0.05, 0.1) is 25.0 Å². The Morgan fingerprint density at radius 1 is 1.46 bits per heavy atom. The van der Waals surface area contributed by atoms with Crippen LogP contribution in [0.1, 0.15) is 6.42 Å². The molecular formula is C8H10BrN3O. The fourth-order valence-corrected chi connectivity index (χ4v) is 1.45. The summed E-state index contributed by atoms with van der Waals surface area (Å²) in [5.74, 6) is 0.804. The number of ether oxygens (including phenoxy) is 1. The zero-order valence-corrected chi connectivity index (χ0v) is 8.62. The lowest BCUT2D eigenvalue weighted by Crippen LogP contribution is -2.19. The predicted molar refractivity (Wildman–Crippen MR) is 52.6 cm³/mol. The van der Waals surface area contributed by atoms with Crippen LogP contribution in [0.25, 0.3) is 0 Å². The third kappa shape index (κ3) is 2.38. The van der Waals surface area contributed by atoms with Gasteiger partial charge in [0.15, 0.2) is 0 Å². The Bertz CT molecular complexity index is 271. The topological polar surface area (TPSA) is 47.0 Å². The quantitative estimate of drug-likeness (QED) is 0.855. The molecule has 1 saturated heterocycles. The van der Waals surface area contributed by atoms with E-state index in [0.717, 1.165) is 30.1 Å². The second-order valence-electron chi connectivity index (χ2n) is 2.93. The highest BCUT2D eigenvalue weighted by Gasteiger charge is 2.15. The highest BCUT2D eigenvalue weighted by Crippen LogP contribution is 2.11. The van der Waals surface area contributed by atoms with E-state index in [4.69, 9.17) is 4.74 Å². The Morgan fingerprint density at radius 3 is 3.00 bits per heavy atom. The van der Waals surface area contributed by atoms with Gasteiger partial charge in [-0.3, -0.25) is 0 Å². The first-order valence-corrected chi connectivity index (χ1v) is 4.96. The maximum absolute atomic E-state index is 5.23. The largest absolute Gasteiger partial charge is 0.379 e. The summed E-state index contributed by atoms with van der Waals surface area (Å²) in [4.78, 5) is 8.24. The van der Waals surface area contributed by atoms with Crippen LogP contribution in [0, 0.1) is 0 Å². The van der Waals surface area contributed by atoms with Crippen LogP contribution in [0.4, 0.5) is 5.82 Å². The zero-order chi connectivity index (χ0) is 9.10. The molecule has 2 rings (SSSR count). The Morgan fingerprint density at radius 2 is 2.38 bits per heavy atom. The lowest BCUT2D eigenvalue weighted by atomic mass is 10.3. The molecule has 0 amide bonds. The van der Waals surface area contributed by atoms with E-state index in [1.807, 2.05) is 0 Å². The van der Waals surface area contributed by atoms with Gasteiger partial charge in [-0.25, -0.2) is 9.97 Å². The fourth-order valence-electron chi connectivity index (χ4n) is 1.24. The minimum Gasteiger partial charge on any atom is -0.379 e. The van der Waals surface area contributed by atoms with Crippen molar-refractivity contribution in [3.63, 3.8) is 0 Å². The summed E-state index contributed by atoms with van der Waals surface area (Å²) in [6.45, 7) is 1.60. The highest BCUT2D eigenvalue weighted by molar-refractivity contribution is 9.10. The number of rotatable bonds is 2. The first-order valence-electron chi connectivity index (χ1n) is 4.16. The SMILES string of the molecule is Brc1cnc(N[C@@H]2CCOC2)cn1. The Hall–Kier alpha value is -0.680. The van der Waals surface area contributed by atoms with Crippen molar-refractivity contribution in [3.05, 3.63) is 17.0 Å². The van der Waals surface area contributed by atoms with E-state index in [9.17, 15) is 0 Å². The van der Waals surface area contributed by atoms with Gasteiger partial charge in [0.2, 0.25) is 0 Å². The van der Waals surface area contributed by atoms with E-state index in [1.54, 1.807) is 12.4 Å². The number of aromatic nitrogens is 2. The van der Waals surface area contributed by atoms with Crippen LogP contribution in [0.3, 0.4) is 0 Å². The molecule has 0 aliphatic carbocycles. The van der Waals surface area contributed by atoms with Gasteiger partial charge in [-0.15, -0.1) is 0 Å². The van der Waals surface area contributed by atoms with Gasteiger partial charge in [-0.05, 0) is 22.4 Å². The van der Waals surface area contributed by atoms with Crippen LogP contribution in [0.2, 0.25) is 0 Å². The normalized spacial score (nSPS) is 21.8. The molecule has 0 bridgehead atoms. The molecule has 1 N–H and O–H groups in total. The van der Waals surface area contributed by atoms with Crippen LogP contribution in [-0.2, 0) is 4.74 Å². The van der Waals surface area contributed by atoms with Crippen molar-refractivity contribution in [2.45, 2.75) is 12.5 Å². The smallest absolute Gasteiger partial charge is 0.144 e.